The van der Waals surface area contributed by atoms with E-state index in [0.717, 1.165) is 11.1 Å². The van der Waals surface area contributed by atoms with Gasteiger partial charge in [-0.2, -0.15) is 0 Å². The summed E-state index contributed by atoms with van der Waals surface area (Å²) >= 11 is 0. The number of anilines is 1. The highest BCUT2D eigenvalue weighted by Crippen LogP contribution is 2.31. The molecule has 1 amide bonds. The van der Waals surface area contributed by atoms with Gasteiger partial charge in [-0.25, -0.2) is 8.42 Å². The number of rotatable bonds is 7. The third-order valence-electron chi connectivity index (χ3n) is 4.09. The van der Waals surface area contributed by atoms with Crippen molar-refractivity contribution in [3.63, 3.8) is 0 Å². The monoisotopic (exact) mass is 372 g/mol. The van der Waals surface area contributed by atoms with Crippen LogP contribution in [0.3, 0.4) is 0 Å². The van der Waals surface area contributed by atoms with E-state index in [2.05, 4.69) is 4.72 Å². The number of sulfonamides is 1. The average Bonchev–Trinajstić information content (AvgIpc) is 2.62. The van der Waals surface area contributed by atoms with Gasteiger partial charge in [-0.1, -0.05) is 36.4 Å². The van der Waals surface area contributed by atoms with E-state index >= 15 is 0 Å². The Morgan fingerprint density at radius 2 is 1.81 bits per heavy atom. The van der Waals surface area contributed by atoms with Crippen molar-refractivity contribution in [1.82, 2.24) is 0 Å². The maximum atomic E-state index is 12.8. The van der Waals surface area contributed by atoms with Crippen LogP contribution in [0.2, 0.25) is 0 Å². The standard InChI is InChI=1S/C19H20N2O4S/c20-19(22)11-12-25-18-8-4-3-7-17(18)21-26(23,24)16-10-9-14-5-1-2-6-15(14)13-16/h1-8,13,21H,9-12H2,(H2,20,22). The molecule has 0 unspecified atom stereocenters. The molecule has 26 heavy (non-hydrogen) atoms. The van der Waals surface area contributed by atoms with E-state index in [1.807, 2.05) is 24.3 Å². The highest BCUT2D eigenvalue weighted by atomic mass is 32.2. The molecule has 0 fully saturated rings. The van der Waals surface area contributed by atoms with Crippen molar-refractivity contribution >= 4 is 27.7 Å². The first-order valence-corrected chi connectivity index (χ1v) is 9.75. The van der Waals surface area contributed by atoms with Crippen molar-refractivity contribution in [2.75, 3.05) is 11.3 Å². The zero-order valence-corrected chi connectivity index (χ0v) is 15.0. The van der Waals surface area contributed by atoms with Gasteiger partial charge in [0.05, 0.1) is 23.6 Å². The van der Waals surface area contributed by atoms with Crippen molar-refractivity contribution in [2.24, 2.45) is 5.73 Å². The molecule has 2 aromatic carbocycles. The van der Waals surface area contributed by atoms with Gasteiger partial charge in [0, 0.05) is 0 Å². The van der Waals surface area contributed by atoms with Crippen molar-refractivity contribution in [3.05, 3.63) is 64.6 Å². The Kier molecular flexibility index (Phi) is 5.27. The number of hydrogen-bond donors (Lipinski definition) is 2. The number of hydrogen-bond acceptors (Lipinski definition) is 4. The molecular weight excluding hydrogens is 352 g/mol. The normalized spacial score (nSPS) is 13.5. The summed E-state index contributed by atoms with van der Waals surface area (Å²) in [5.74, 6) is -0.122. The van der Waals surface area contributed by atoms with Crippen LogP contribution in [0.25, 0.3) is 6.08 Å². The molecule has 7 heteroatoms. The maximum Gasteiger partial charge on any atom is 0.258 e. The number of nitrogens with one attached hydrogen (secondary N) is 1. The Balaban J connectivity index is 1.80. The SMILES string of the molecule is NC(=O)CCOc1ccccc1NS(=O)(=O)C1=Cc2ccccc2CC1. The number of primary amides is 1. The third-order valence-corrected chi connectivity index (χ3v) is 5.60. The molecule has 3 N–H and O–H groups in total. The van der Waals surface area contributed by atoms with Crippen molar-refractivity contribution < 1.29 is 17.9 Å². The Bertz CT molecular complexity index is 952. The molecule has 0 spiro atoms. The smallest absolute Gasteiger partial charge is 0.258 e. The second-order valence-corrected chi connectivity index (χ2v) is 7.71. The molecule has 136 valence electrons. The first kappa shape index (κ1) is 18.0. The second kappa shape index (κ2) is 7.61. The summed E-state index contributed by atoms with van der Waals surface area (Å²) in [5.41, 5.74) is 7.49. The topological polar surface area (TPSA) is 98.5 Å². The van der Waals surface area contributed by atoms with Crippen molar-refractivity contribution in [1.29, 1.82) is 0 Å². The molecule has 0 saturated carbocycles. The third kappa shape index (κ3) is 4.23. The number of allylic oxidation sites excluding steroid dienone is 1. The van der Waals surface area contributed by atoms with Crippen LogP contribution in [0.4, 0.5) is 5.69 Å². The van der Waals surface area contributed by atoms with Gasteiger partial charge in [0.25, 0.3) is 10.0 Å². The lowest BCUT2D eigenvalue weighted by Crippen LogP contribution is -2.18. The molecule has 0 aliphatic heterocycles. The molecule has 0 heterocycles. The molecule has 0 saturated heterocycles. The summed E-state index contributed by atoms with van der Waals surface area (Å²) in [5, 5.41) is 0. The second-order valence-electron chi connectivity index (χ2n) is 5.98. The minimum absolute atomic E-state index is 0.0586. The Hall–Kier alpha value is -2.80. The van der Waals surface area contributed by atoms with Gasteiger partial charge in [-0.3, -0.25) is 9.52 Å². The summed E-state index contributed by atoms with van der Waals surface area (Å²) in [4.78, 5) is 11.2. The number of fused-ring (bicyclic) bond motifs is 1. The van der Waals surface area contributed by atoms with E-state index in [4.69, 9.17) is 10.5 Å². The van der Waals surface area contributed by atoms with Crippen LogP contribution in [0.15, 0.2) is 53.4 Å². The molecule has 3 rings (SSSR count). The Morgan fingerprint density at radius 1 is 1.08 bits per heavy atom. The maximum absolute atomic E-state index is 12.8. The number of para-hydroxylation sites is 2. The van der Waals surface area contributed by atoms with Crippen molar-refractivity contribution in [3.8, 4) is 5.75 Å². The zero-order valence-electron chi connectivity index (χ0n) is 14.1. The van der Waals surface area contributed by atoms with E-state index < -0.39 is 15.9 Å². The summed E-state index contributed by atoms with van der Waals surface area (Å²) in [7, 11) is -3.70. The quantitative estimate of drug-likeness (QED) is 0.780. The van der Waals surface area contributed by atoms with E-state index in [1.54, 1.807) is 30.3 Å². The average molecular weight is 372 g/mol. The van der Waals surface area contributed by atoms with Gasteiger partial charge in [0.2, 0.25) is 5.91 Å². The van der Waals surface area contributed by atoms with Gasteiger partial charge < -0.3 is 10.5 Å². The predicted octanol–water partition coefficient (Wildman–Crippen LogP) is 2.67. The largest absolute Gasteiger partial charge is 0.491 e. The molecule has 1 aliphatic rings. The number of ether oxygens (including phenoxy) is 1. The van der Waals surface area contributed by atoms with Gasteiger partial charge >= 0.3 is 0 Å². The Labute approximate surface area is 152 Å². The number of benzene rings is 2. The van der Waals surface area contributed by atoms with Gasteiger partial charge in [0.15, 0.2) is 0 Å². The number of amides is 1. The lowest BCUT2D eigenvalue weighted by atomic mass is 9.98. The number of carbonyl (C=O) groups is 1. The van der Waals surface area contributed by atoms with Crippen LogP contribution >= 0.6 is 0 Å². The fourth-order valence-electron chi connectivity index (χ4n) is 2.77. The molecule has 0 bridgehead atoms. The van der Waals surface area contributed by atoms with Gasteiger partial charge in [0.1, 0.15) is 5.75 Å². The van der Waals surface area contributed by atoms with E-state index in [0.29, 0.717) is 29.2 Å². The van der Waals surface area contributed by atoms with Crippen LogP contribution < -0.4 is 15.2 Å². The highest BCUT2D eigenvalue weighted by molar-refractivity contribution is 7.96. The molecule has 2 aromatic rings. The summed E-state index contributed by atoms with van der Waals surface area (Å²) < 4.78 is 33.7. The van der Waals surface area contributed by atoms with Gasteiger partial charge in [-0.15, -0.1) is 0 Å². The fraction of sp³-hybridized carbons (Fsp3) is 0.211. The predicted molar refractivity (Wildman–Crippen MR) is 101 cm³/mol. The molecule has 6 nitrogen and oxygen atoms in total. The number of carbonyl (C=O) groups excluding carboxylic acids is 1. The summed E-state index contributed by atoms with van der Waals surface area (Å²) in [6, 6.07) is 14.5. The minimum atomic E-state index is -3.70. The molecule has 0 atom stereocenters. The lowest BCUT2D eigenvalue weighted by molar-refractivity contribution is -0.118. The molecular formula is C19H20N2O4S. The number of aryl methyl sites for hydroxylation is 1. The van der Waals surface area contributed by atoms with E-state index in [-0.39, 0.29) is 13.0 Å². The van der Waals surface area contributed by atoms with Crippen molar-refractivity contribution in [2.45, 2.75) is 19.3 Å². The zero-order chi connectivity index (χ0) is 18.6. The van der Waals surface area contributed by atoms with Crippen LogP contribution in [0.1, 0.15) is 24.0 Å². The first-order valence-electron chi connectivity index (χ1n) is 8.27. The minimum Gasteiger partial charge on any atom is -0.491 e. The summed E-state index contributed by atoms with van der Waals surface area (Å²) in [6.45, 7) is 0.0874. The molecule has 0 aromatic heterocycles. The molecule has 1 aliphatic carbocycles. The van der Waals surface area contributed by atoms with Crippen LogP contribution in [-0.2, 0) is 21.2 Å². The highest BCUT2D eigenvalue weighted by Gasteiger charge is 2.22. The lowest BCUT2D eigenvalue weighted by Gasteiger charge is -2.18. The van der Waals surface area contributed by atoms with E-state index in [9.17, 15) is 13.2 Å². The first-order chi connectivity index (χ1) is 12.5. The van der Waals surface area contributed by atoms with Gasteiger partial charge in [-0.05, 0) is 42.2 Å². The summed E-state index contributed by atoms with van der Waals surface area (Å²) in [6.07, 6.45) is 2.89. The van der Waals surface area contributed by atoms with Crippen LogP contribution in [0, 0.1) is 0 Å². The van der Waals surface area contributed by atoms with Crippen LogP contribution in [-0.4, -0.2) is 20.9 Å². The molecule has 0 radical (unpaired) electrons. The van der Waals surface area contributed by atoms with E-state index in [1.165, 1.54) is 0 Å². The van der Waals surface area contributed by atoms with Crippen LogP contribution in [0.5, 0.6) is 5.75 Å². The number of nitrogens with two attached hydrogens (primary N) is 1. The Morgan fingerprint density at radius 3 is 2.62 bits per heavy atom. The fourth-order valence-corrected chi connectivity index (χ4v) is 4.01.